The predicted molar refractivity (Wildman–Crippen MR) is 96.6 cm³/mol. The molecule has 2 N–H and O–H groups in total. The van der Waals surface area contributed by atoms with Crippen LogP contribution in [0.25, 0.3) is 0 Å². The number of amides is 2. The van der Waals surface area contributed by atoms with Crippen LogP contribution in [0.2, 0.25) is 5.02 Å². The highest BCUT2D eigenvalue weighted by molar-refractivity contribution is 6.39. The van der Waals surface area contributed by atoms with Crippen molar-refractivity contribution in [2.75, 3.05) is 24.3 Å². The SMILES string of the molecule is CN(C)c1ccc(C=NNC(=O)C(=O)Nc2ccc(Cl)cc2)cc1. The molecule has 2 aromatic carbocycles. The summed E-state index contributed by atoms with van der Waals surface area (Å²) >= 11 is 5.75. The zero-order valence-electron chi connectivity index (χ0n) is 13.3. The minimum absolute atomic E-state index is 0.475. The van der Waals surface area contributed by atoms with Gasteiger partial charge in [-0.3, -0.25) is 9.59 Å². The van der Waals surface area contributed by atoms with E-state index in [0.717, 1.165) is 11.3 Å². The van der Waals surface area contributed by atoms with E-state index in [-0.39, 0.29) is 0 Å². The molecule has 0 fully saturated rings. The van der Waals surface area contributed by atoms with Gasteiger partial charge in [0.15, 0.2) is 0 Å². The Hall–Kier alpha value is -2.86. The van der Waals surface area contributed by atoms with Gasteiger partial charge in [0.2, 0.25) is 0 Å². The van der Waals surface area contributed by atoms with E-state index >= 15 is 0 Å². The smallest absolute Gasteiger partial charge is 0.329 e. The number of carbonyl (C=O) groups is 2. The average molecular weight is 345 g/mol. The lowest BCUT2D eigenvalue weighted by Gasteiger charge is -2.11. The molecule has 6 nitrogen and oxygen atoms in total. The Morgan fingerprint density at radius 1 is 1.00 bits per heavy atom. The van der Waals surface area contributed by atoms with Crippen LogP contribution in [-0.2, 0) is 9.59 Å². The lowest BCUT2D eigenvalue weighted by Crippen LogP contribution is -2.32. The minimum atomic E-state index is -0.855. The summed E-state index contributed by atoms with van der Waals surface area (Å²) in [5.41, 5.74) is 4.52. The van der Waals surface area contributed by atoms with Gasteiger partial charge in [0, 0.05) is 30.5 Å². The molecule has 0 heterocycles. The molecule has 2 aromatic rings. The number of halogens is 1. The molecular formula is C17H17ClN4O2. The first-order valence-electron chi connectivity index (χ1n) is 7.13. The number of hydrogen-bond acceptors (Lipinski definition) is 4. The first kappa shape index (κ1) is 17.5. The van der Waals surface area contributed by atoms with E-state index in [1.165, 1.54) is 6.21 Å². The topological polar surface area (TPSA) is 73.8 Å². The van der Waals surface area contributed by atoms with E-state index in [1.54, 1.807) is 24.3 Å². The standard InChI is InChI=1S/C17H17ClN4O2/c1-22(2)15-9-3-12(4-10-15)11-19-21-17(24)16(23)20-14-7-5-13(18)6-8-14/h3-11H,1-2H3,(H,20,23)(H,21,24). The summed E-state index contributed by atoms with van der Waals surface area (Å²) in [5.74, 6) is -1.66. The molecule has 0 saturated carbocycles. The van der Waals surface area contributed by atoms with Crippen molar-refractivity contribution in [2.24, 2.45) is 5.10 Å². The molecular weight excluding hydrogens is 328 g/mol. The van der Waals surface area contributed by atoms with Crippen molar-refractivity contribution in [3.63, 3.8) is 0 Å². The van der Waals surface area contributed by atoms with Crippen LogP contribution >= 0.6 is 11.6 Å². The van der Waals surface area contributed by atoms with Gasteiger partial charge >= 0.3 is 11.8 Å². The second-order valence-corrected chi connectivity index (χ2v) is 5.58. The zero-order chi connectivity index (χ0) is 17.5. The fraction of sp³-hybridized carbons (Fsp3) is 0.118. The molecule has 0 aliphatic heterocycles. The molecule has 0 radical (unpaired) electrons. The minimum Gasteiger partial charge on any atom is -0.378 e. The molecule has 2 amide bonds. The molecule has 0 bridgehead atoms. The van der Waals surface area contributed by atoms with E-state index in [9.17, 15) is 9.59 Å². The van der Waals surface area contributed by atoms with Gasteiger partial charge in [-0.2, -0.15) is 5.10 Å². The van der Waals surface area contributed by atoms with Crippen LogP contribution in [0.15, 0.2) is 53.6 Å². The Morgan fingerprint density at radius 2 is 1.62 bits per heavy atom. The summed E-state index contributed by atoms with van der Waals surface area (Å²) in [6, 6.07) is 14.0. The summed E-state index contributed by atoms with van der Waals surface area (Å²) in [6.07, 6.45) is 1.47. The number of benzene rings is 2. The Morgan fingerprint density at radius 3 is 2.21 bits per heavy atom. The maximum Gasteiger partial charge on any atom is 0.329 e. The van der Waals surface area contributed by atoms with Crippen molar-refractivity contribution in [3.05, 3.63) is 59.1 Å². The molecule has 0 unspecified atom stereocenters. The zero-order valence-corrected chi connectivity index (χ0v) is 14.0. The van der Waals surface area contributed by atoms with Gasteiger partial charge in [0.25, 0.3) is 0 Å². The molecule has 2 rings (SSSR count). The van der Waals surface area contributed by atoms with Crippen LogP contribution in [-0.4, -0.2) is 32.1 Å². The highest BCUT2D eigenvalue weighted by Crippen LogP contribution is 2.13. The molecule has 0 aliphatic carbocycles. The molecule has 0 atom stereocenters. The molecule has 0 aromatic heterocycles. The quantitative estimate of drug-likeness (QED) is 0.508. The fourth-order valence-corrected chi connectivity index (χ4v) is 1.92. The van der Waals surface area contributed by atoms with Crippen LogP contribution in [0.5, 0.6) is 0 Å². The van der Waals surface area contributed by atoms with Crippen LogP contribution in [0.3, 0.4) is 0 Å². The van der Waals surface area contributed by atoms with Crippen molar-refractivity contribution >= 4 is 41.0 Å². The van der Waals surface area contributed by atoms with E-state index in [2.05, 4.69) is 15.8 Å². The van der Waals surface area contributed by atoms with Crippen molar-refractivity contribution in [2.45, 2.75) is 0 Å². The number of carbonyl (C=O) groups excluding carboxylic acids is 2. The highest BCUT2D eigenvalue weighted by Gasteiger charge is 2.12. The van der Waals surface area contributed by atoms with Crippen molar-refractivity contribution < 1.29 is 9.59 Å². The predicted octanol–water partition coefficient (Wildman–Crippen LogP) is 2.49. The van der Waals surface area contributed by atoms with Crippen LogP contribution in [0.1, 0.15) is 5.56 Å². The molecule has 7 heteroatoms. The van der Waals surface area contributed by atoms with Crippen LogP contribution < -0.4 is 15.6 Å². The molecule has 0 aliphatic rings. The lowest BCUT2D eigenvalue weighted by molar-refractivity contribution is -0.136. The van der Waals surface area contributed by atoms with E-state index in [1.807, 2.05) is 43.3 Å². The normalized spacial score (nSPS) is 10.5. The number of anilines is 2. The summed E-state index contributed by atoms with van der Waals surface area (Å²) in [4.78, 5) is 25.4. The lowest BCUT2D eigenvalue weighted by atomic mass is 10.2. The molecule has 0 spiro atoms. The monoisotopic (exact) mass is 344 g/mol. The number of nitrogens with one attached hydrogen (secondary N) is 2. The van der Waals surface area contributed by atoms with Gasteiger partial charge in [-0.15, -0.1) is 0 Å². The van der Waals surface area contributed by atoms with E-state index < -0.39 is 11.8 Å². The molecule has 0 saturated heterocycles. The van der Waals surface area contributed by atoms with Crippen LogP contribution in [0, 0.1) is 0 Å². The molecule has 24 heavy (non-hydrogen) atoms. The third-order valence-corrected chi connectivity index (χ3v) is 3.35. The van der Waals surface area contributed by atoms with Crippen LogP contribution in [0.4, 0.5) is 11.4 Å². The van der Waals surface area contributed by atoms with Gasteiger partial charge in [-0.1, -0.05) is 23.7 Å². The maximum atomic E-state index is 11.7. The van der Waals surface area contributed by atoms with Crippen molar-refractivity contribution in [1.29, 1.82) is 0 Å². The fourth-order valence-electron chi connectivity index (χ4n) is 1.80. The van der Waals surface area contributed by atoms with Gasteiger partial charge in [0.05, 0.1) is 6.21 Å². The second-order valence-electron chi connectivity index (χ2n) is 5.15. The number of nitrogens with zero attached hydrogens (tertiary/aromatic N) is 2. The molecule has 124 valence electrons. The van der Waals surface area contributed by atoms with Gasteiger partial charge < -0.3 is 10.2 Å². The van der Waals surface area contributed by atoms with Gasteiger partial charge in [-0.05, 0) is 42.0 Å². The highest BCUT2D eigenvalue weighted by atomic mass is 35.5. The maximum absolute atomic E-state index is 11.7. The Bertz CT molecular complexity index is 740. The largest absolute Gasteiger partial charge is 0.378 e. The Kier molecular flexibility index (Phi) is 5.92. The van der Waals surface area contributed by atoms with E-state index in [4.69, 9.17) is 11.6 Å². The average Bonchev–Trinajstić information content (AvgIpc) is 2.57. The summed E-state index contributed by atoms with van der Waals surface area (Å²) in [7, 11) is 3.89. The van der Waals surface area contributed by atoms with Crippen molar-refractivity contribution in [1.82, 2.24) is 5.43 Å². The summed E-state index contributed by atoms with van der Waals surface area (Å²) in [6.45, 7) is 0. The van der Waals surface area contributed by atoms with Crippen molar-refractivity contribution in [3.8, 4) is 0 Å². The number of hydrazone groups is 1. The van der Waals surface area contributed by atoms with Gasteiger partial charge in [0.1, 0.15) is 0 Å². The number of rotatable bonds is 4. The number of hydrogen-bond donors (Lipinski definition) is 2. The third-order valence-electron chi connectivity index (χ3n) is 3.10. The second kappa shape index (κ2) is 8.12. The first-order valence-corrected chi connectivity index (χ1v) is 7.51. The summed E-state index contributed by atoms with van der Waals surface area (Å²) < 4.78 is 0. The summed E-state index contributed by atoms with van der Waals surface area (Å²) in [5, 5.41) is 6.77. The first-order chi connectivity index (χ1) is 11.5. The van der Waals surface area contributed by atoms with Gasteiger partial charge in [-0.25, -0.2) is 5.43 Å². The Balaban J connectivity index is 1.87. The third kappa shape index (κ3) is 5.10. The Labute approximate surface area is 145 Å². The van der Waals surface area contributed by atoms with E-state index in [0.29, 0.717) is 10.7 Å².